The highest BCUT2D eigenvalue weighted by Crippen LogP contribution is 2.30. The molecular formula is C17H22ClF2N3O2. The van der Waals surface area contributed by atoms with Crippen LogP contribution in [0.5, 0.6) is 0 Å². The summed E-state index contributed by atoms with van der Waals surface area (Å²) in [5.41, 5.74) is 1.77. The Bertz CT molecular complexity index is 624. The van der Waals surface area contributed by atoms with Gasteiger partial charge in [-0.1, -0.05) is 11.6 Å². The number of carbonyl (C=O) groups is 1. The molecule has 25 heavy (non-hydrogen) atoms. The molecule has 1 aromatic rings. The van der Waals surface area contributed by atoms with Crippen LogP contribution in [0.2, 0.25) is 5.02 Å². The van der Waals surface area contributed by atoms with Gasteiger partial charge in [0.05, 0.1) is 19.8 Å². The second-order valence-corrected chi connectivity index (χ2v) is 6.81. The molecular weight excluding hydrogens is 352 g/mol. The Balaban J connectivity index is 1.69. The van der Waals surface area contributed by atoms with E-state index in [4.69, 9.17) is 16.3 Å². The van der Waals surface area contributed by atoms with Gasteiger partial charge in [0.1, 0.15) is 5.92 Å². The van der Waals surface area contributed by atoms with Crippen LogP contribution in [0.25, 0.3) is 0 Å². The van der Waals surface area contributed by atoms with Gasteiger partial charge in [-0.2, -0.15) is 0 Å². The Morgan fingerprint density at radius 2 is 2.16 bits per heavy atom. The molecule has 2 saturated heterocycles. The lowest BCUT2D eigenvalue weighted by Crippen LogP contribution is -2.52. The number of hydrogen-bond donors (Lipinski definition) is 2. The third-order valence-electron chi connectivity index (χ3n) is 4.64. The fourth-order valence-electron chi connectivity index (χ4n) is 3.27. The lowest BCUT2D eigenvalue weighted by molar-refractivity contribution is -0.142. The van der Waals surface area contributed by atoms with Gasteiger partial charge in [-0.3, -0.25) is 4.79 Å². The molecule has 1 aromatic carbocycles. The first kappa shape index (κ1) is 18.4. The van der Waals surface area contributed by atoms with E-state index >= 15 is 0 Å². The molecule has 2 N–H and O–H groups in total. The number of benzene rings is 1. The number of nitrogens with zero attached hydrogens (tertiary/aromatic N) is 1. The van der Waals surface area contributed by atoms with E-state index in [9.17, 15) is 13.6 Å². The summed E-state index contributed by atoms with van der Waals surface area (Å²) in [7, 11) is 0. The quantitative estimate of drug-likeness (QED) is 0.848. The van der Waals surface area contributed by atoms with Gasteiger partial charge in [-0.15, -0.1) is 0 Å². The summed E-state index contributed by atoms with van der Waals surface area (Å²) < 4.78 is 33.2. The van der Waals surface area contributed by atoms with Gasteiger partial charge in [-0.05, 0) is 36.7 Å². The molecule has 1 atom stereocenters. The minimum Gasteiger partial charge on any atom is -0.378 e. The number of amides is 1. The topological polar surface area (TPSA) is 53.6 Å². The Morgan fingerprint density at radius 3 is 2.88 bits per heavy atom. The van der Waals surface area contributed by atoms with Gasteiger partial charge < -0.3 is 20.3 Å². The smallest absolute Gasteiger partial charge is 0.271 e. The number of morpholine rings is 1. The van der Waals surface area contributed by atoms with Crippen LogP contribution in [-0.2, 0) is 16.1 Å². The van der Waals surface area contributed by atoms with Gasteiger partial charge >= 0.3 is 0 Å². The SMILES string of the molecule is O=C(NCc1cc(Cl)ccc1N1CCOCC1)C1CCNCC1(F)F. The van der Waals surface area contributed by atoms with Crippen LogP contribution < -0.4 is 15.5 Å². The Hall–Kier alpha value is -1.44. The van der Waals surface area contributed by atoms with Crippen LogP contribution in [-0.4, -0.2) is 51.2 Å². The minimum atomic E-state index is -3.02. The molecule has 1 unspecified atom stereocenters. The molecule has 0 aromatic heterocycles. The first-order valence-electron chi connectivity index (χ1n) is 8.45. The van der Waals surface area contributed by atoms with Crippen LogP contribution in [0, 0.1) is 5.92 Å². The predicted molar refractivity (Wildman–Crippen MR) is 92.3 cm³/mol. The fourth-order valence-corrected chi connectivity index (χ4v) is 3.47. The maximum absolute atomic E-state index is 13.9. The summed E-state index contributed by atoms with van der Waals surface area (Å²) in [5, 5.41) is 5.84. The number of hydrogen-bond acceptors (Lipinski definition) is 4. The van der Waals surface area contributed by atoms with Crippen molar-refractivity contribution in [3.63, 3.8) is 0 Å². The number of nitrogens with one attached hydrogen (secondary N) is 2. The highest BCUT2D eigenvalue weighted by molar-refractivity contribution is 6.30. The molecule has 2 aliphatic heterocycles. The van der Waals surface area contributed by atoms with E-state index < -0.39 is 24.3 Å². The highest BCUT2D eigenvalue weighted by Gasteiger charge is 2.45. The van der Waals surface area contributed by atoms with Crippen molar-refractivity contribution in [3.8, 4) is 0 Å². The molecule has 3 rings (SSSR count). The molecule has 0 spiro atoms. The summed E-state index contributed by atoms with van der Waals surface area (Å²) in [4.78, 5) is 14.4. The summed E-state index contributed by atoms with van der Waals surface area (Å²) in [6, 6.07) is 5.46. The highest BCUT2D eigenvalue weighted by atomic mass is 35.5. The standard InChI is InChI=1S/C17H22ClF2N3O2/c18-13-1-2-15(23-5-7-25-8-6-23)12(9-13)10-22-16(24)14-3-4-21-11-17(14,19)20/h1-2,9,14,21H,3-8,10-11H2,(H,22,24). The van der Waals surface area contributed by atoms with Crippen molar-refractivity contribution in [1.29, 1.82) is 0 Å². The Kier molecular flexibility index (Phi) is 5.76. The van der Waals surface area contributed by atoms with Crippen molar-refractivity contribution < 1.29 is 18.3 Å². The minimum absolute atomic E-state index is 0.130. The Morgan fingerprint density at radius 1 is 1.40 bits per heavy atom. The monoisotopic (exact) mass is 373 g/mol. The molecule has 138 valence electrons. The second kappa shape index (κ2) is 7.85. The normalized spacial score (nSPS) is 23.3. The summed E-state index contributed by atoms with van der Waals surface area (Å²) in [6.45, 7) is 2.90. The largest absolute Gasteiger partial charge is 0.378 e. The number of halogens is 3. The molecule has 5 nitrogen and oxygen atoms in total. The molecule has 0 radical (unpaired) electrons. The van der Waals surface area contributed by atoms with E-state index in [1.54, 1.807) is 12.1 Å². The van der Waals surface area contributed by atoms with Crippen LogP contribution in [0.1, 0.15) is 12.0 Å². The molecule has 2 heterocycles. The zero-order valence-corrected chi connectivity index (χ0v) is 14.6. The summed E-state index contributed by atoms with van der Waals surface area (Å²) >= 11 is 6.08. The third kappa shape index (κ3) is 4.40. The number of anilines is 1. The molecule has 2 aliphatic rings. The molecule has 2 fully saturated rings. The number of carbonyl (C=O) groups excluding carboxylic acids is 1. The lowest BCUT2D eigenvalue weighted by atomic mass is 9.93. The molecule has 8 heteroatoms. The molecule has 0 bridgehead atoms. The van der Waals surface area contributed by atoms with E-state index in [1.807, 2.05) is 6.07 Å². The van der Waals surface area contributed by atoms with E-state index in [2.05, 4.69) is 15.5 Å². The summed E-state index contributed by atoms with van der Waals surface area (Å²) in [6.07, 6.45) is 0.130. The Labute approximate surface area is 150 Å². The van der Waals surface area contributed by atoms with E-state index in [1.165, 1.54) is 0 Å². The predicted octanol–water partition coefficient (Wildman–Crippen LogP) is 2.04. The third-order valence-corrected chi connectivity index (χ3v) is 4.88. The zero-order chi connectivity index (χ0) is 17.9. The average molecular weight is 374 g/mol. The maximum Gasteiger partial charge on any atom is 0.271 e. The summed E-state index contributed by atoms with van der Waals surface area (Å²) in [5.74, 6) is -4.93. The van der Waals surface area contributed by atoms with Gasteiger partial charge in [0.25, 0.3) is 5.92 Å². The average Bonchev–Trinajstić information content (AvgIpc) is 2.60. The second-order valence-electron chi connectivity index (χ2n) is 6.37. The molecule has 0 aliphatic carbocycles. The zero-order valence-electron chi connectivity index (χ0n) is 13.9. The van der Waals surface area contributed by atoms with Crippen molar-refractivity contribution in [2.24, 2.45) is 5.92 Å². The van der Waals surface area contributed by atoms with E-state index in [0.717, 1.165) is 24.3 Å². The van der Waals surface area contributed by atoms with Crippen molar-refractivity contribution in [2.75, 3.05) is 44.3 Å². The number of rotatable bonds is 4. The lowest BCUT2D eigenvalue weighted by Gasteiger charge is -2.32. The maximum atomic E-state index is 13.9. The van der Waals surface area contributed by atoms with Gasteiger partial charge in [0.15, 0.2) is 0 Å². The van der Waals surface area contributed by atoms with Gasteiger partial charge in [0.2, 0.25) is 5.91 Å². The van der Waals surface area contributed by atoms with Gasteiger partial charge in [0, 0.05) is 30.3 Å². The van der Waals surface area contributed by atoms with Crippen LogP contribution in [0.4, 0.5) is 14.5 Å². The van der Waals surface area contributed by atoms with Crippen LogP contribution >= 0.6 is 11.6 Å². The fraction of sp³-hybridized carbons (Fsp3) is 0.588. The molecule has 0 saturated carbocycles. The van der Waals surface area contributed by atoms with Gasteiger partial charge in [-0.25, -0.2) is 8.78 Å². The number of piperidine rings is 1. The van der Waals surface area contributed by atoms with E-state index in [0.29, 0.717) is 24.8 Å². The van der Waals surface area contributed by atoms with Crippen molar-refractivity contribution in [1.82, 2.24) is 10.6 Å². The van der Waals surface area contributed by atoms with E-state index in [-0.39, 0.29) is 13.0 Å². The number of ether oxygens (including phenoxy) is 1. The first-order chi connectivity index (χ1) is 12.0. The van der Waals surface area contributed by atoms with Crippen molar-refractivity contribution >= 4 is 23.2 Å². The van der Waals surface area contributed by atoms with Crippen LogP contribution in [0.15, 0.2) is 18.2 Å². The molecule has 1 amide bonds. The van der Waals surface area contributed by atoms with Crippen molar-refractivity contribution in [2.45, 2.75) is 18.9 Å². The first-order valence-corrected chi connectivity index (χ1v) is 8.82. The van der Waals surface area contributed by atoms with Crippen molar-refractivity contribution in [3.05, 3.63) is 28.8 Å². The number of alkyl halides is 2. The van der Waals surface area contributed by atoms with Crippen LogP contribution in [0.3, 0.4) is 0 Å².